The molecule has 0 aliphatic heterocycles. The van der Waals surface area contributed by atoms with E-state index < -0.39 is 0 Å². The summed E-state index contributed by atoms with van der Waals surface area (Å²) in [5.74, 6) is 2.99. The van der Waals surface area contributed by atoms with Gasteiger partial charge in [-0.1, -0.05) is 32.6 Å². The third kappa shape index (κ3) is 2.50. The highest BCUT2D eigenvalue weighted by Crippen LogP contribution is 2.39. The van der Waals surface area contributed by atoms with Crippen molar-refractivity contribution in [3.05, 3.63) is 0 Å². The monoisotopic (exact) mass is 195 g/mol. The molecule has 0 aromatic rings. The highest BCUT2D eigenvalue weighted by Gasteiger charge is 2.29. The zero-order chi connectivity index (χ0) is 9.97. The lowest BCUT2D eigenvalue weighted by atomic mass is 9.70. The van der Waals surface area contributed by atoms with Gasteiger partial charge in [0.15, 0.2) is 0 Å². The Morgan fingerprint density at radius 2 is 1.57 bits per heavy atom. The van der Waals surface area contributed by atoms with Crippen molar-refractivity contribution < 1.29 is 0 Å². The van der Waals surface area contributed by atoms with Crippen molar-refractivity contribution in [3.63, 3.8) is 0 Å². The van der Waals surface area contributed by atoms with Gasteiger partial charge in [0.2, 0.25) is 0 Å². The molecule has 2 N–H and O–H groups in total. The molecule has 2 fully saturated rings. The van der Waals surface area contributed by atoms with Crippen LogP contribution in [0.15, 0.2) is 0 Å². The van der Waals surface area contributed by atoms with Crippen LogP contribution in [-0.4, -0.2) is 6.04 Å². The Bertz CT molecular complexity index is 170. The molecule has 1 nitrogen and oxygen atoms in total. The molecule has 14 heavy (non-hydrogen) atoms. The summed E-state index contributed by atoms with van der Waals surface area (Å²) in [6, 6.07) is 0.521. The molecule has 2 saturated carbocycles. The third-order valence-electron chi connectivity index (χ3n) is 4.48. The SMILES string of the molecule is CC1CCC(C2CCCC(N)C2)CC1. The fraction of sp³-hybridized carbons (Fsp3) is 1.00. The molecule has 2 unspecified atom stereocenters. The average molecular weight is 195 g/mol. The third-order valence-corrected chi connectivity index (χ3v) is 4.48. The van der Waals surface area contributed by atoms with E-state index in [4.69, 9.17) is 5.73 Å². The molecule has 82 valence electrons. The van der Waals surface area contributed by atoms with Gasteiger partial charge in [0.05, 0.1) is 0 Å². The first-order chi connectivity index (χ1) is 6.75. The van der Waals surface area contributed by atoms with Gasteiger partial charge in [-0.05, 0) is 43.4 Å². The molecule has 0 saturated heterocycles. The van der Waals surface area contributed by atoms with E-state index in [1.54, 1.807) is 0 Å². The zero-order valence-electron chi connectivity index (χ0n) is 9.54. The molecule has 0 aromatic heterocycles. The molecule has 0 bridgehead atoms. The lowest BCUT2D eigenvalue weighted by Crippen LogP contribution is -2.32. The van der Waals surface area contributed by atoms with Crippen LogP contribution >= 0.6 is 0 Å². The van der Waals surface area contributed by atoms with Gasteiger partial charge in [0, 0.05) is 6.04 Å². The van der Waals surface area contributed by atoms with Crippen LogP contribution in [-0.2, 0) is 0 Å². The first kappa shape index (κ1) is 10.5. The largest absolute Gasteiger partial charge is 0.328 e. The van der Waals surface area contributed by atoms with Gasteiger partial charge in [0.25, 0.3) is 0 Å². The Hall–Kier alpha value is -0.0400. The summed E-state index contributed by atoms with van der Waals surface area (Å²) in [5, 5.41) is 0. The summed E-state index contributed by atoms with van der Waals surface area (Å²) in [7, 11) is 0. The van der Waals surface area contributed by atoms with Crippen LogP contribution in [0.4, 0.5) is 0 Å². The lowest BCUT2D eigenvalue weighted by Gasteiger charge is -2.36. The van der Waals surface area contributed by atoms with Gasteiger partial charge in [0.1, 0.15) is 0 Å². The molecular weight excluding hydrogens is 170 g/mol. The van der Waals surface area contributed by atoms with E-state index in [9.17, 15) is 0 Å². The molecule has 0 aromatic carbocycles. The van der Waals surface area contributed by atoms with Crippen molar-refractivity contribution in [2.45, 2.75) is 64.3 Å². The summed E-state index contributed by atoms with van der Waals surface area (Å²) in [5.41, 5.74) is 6.06. The molecular formula is C13H25N. The molecule has 2 atom stereocenters. The van der Waals surface area contributed by atoms with Crippen LogP contribution in [0.1, 0.15) is 58.3 Å². The van der Waals surface area contributed by atoms with Gasteiger partial charge in [-0.25, -0.2) is 0 Å². The second-order valence-electron chi connectivity index (χ2n) is 5.71. The highest BCUT2D eigenvalue weighted by atomic mass is 14.6. The molecule has 1 heteroatoms. The molecule has 0 heterocycles. The van der Waals surface area contributed by atoms with Crippen molar-refractivity contribution in [2.24, 2.45) is 23.5 Å². The van der Waals surface area contributed by atoms with Crippen molar-refractivity contribution in [1.29, 1.82) is 0 Å². The van der Waals surface area contributed by atoms with E-state index in [1.165, 1.54) is 51.4 Å². The Morgan fingerprint density at radius 1 is 0.857 bits per heavy atom. The van der Waals surface area contributed by atoms with Crippen LogP contribution in [0.3, 0.4) is 0 Å². The van der Waals surface area contributed by atoms with Crippen molar-refractivity contribution in [2.75, 3.05) is 0 Å². The normalized spacial score (nSPS) is 45.0. The Morgan fingerprint density at radius 3 is 2.21 bits per heavy atom. The van der Waals surface area contributed by atoms with Gasteiger partial charge < -0.3 is 5.73 Å². The Balaban J connectivity index is 1.82. The lowest BCUT2D eigenvalue weighted by molar-refractivity contribution is 0.163. The minimum Gasteiger partial charge on any atom is -0.328 e. The Kier molecular flexibility index (Phi) is 3.48. The fourth-order valence-electron chi connectivity index (χ4n) is 3.45. The standard InChI is InChI=1S/C13H25N/c1-10-5-7-11(8-6-10)12-3-2-4-13(14)9-12/h10-13H,2-9,14H2,1H3. The maximum Gasteiger partial charge on any atom is 0.00415 e. The van der Waals surface area contributed by atoms with Gasteiger partial charge in [-0.3, -0.25) is 0 Å². The van der Waals surface area contributed by atoms with E-state index in [1.807, 2.05) is 0 Å². The Labute approximate surface area is 88.4 Å². The first-order valence-electron chi connectivity index (χ1n) is 6.51. The van der Waals surface area contributed by atoms with E-state index in [0.29, 0.717) is 6.04 Å². The quantitative estimate of drug-likeness (QED) is 0.682. The molecule has 0 amide bonds. The molecule has 2 rings (SSSR count). The van der Waals surface area contributed by atoms with E-state index in [-0.39, 0.29) is 0 Å². The number of hydrogen-bond acceptors (Lipinski definition) is 1. The van der Waals surface area contributed by atoms with Gasteiger partial charge in [-0.2, -0.15) is 0 Å². The minimum atomic E-state index is 0.521. The maximum absolute atomic E-state index is 6.06. The average Bonchev–Trinajstić information content (AvgIpc) is 2.19. The van der Waals surface area contributed by atoms with Crippen LogP contribution < -0.4 is 5.73 Å². The van der Waals surface area contributed by atoms with Crippen LogP contribution in [0.5, 0.6) is 0 Å². The fourth-order valence-corrected chi connectivity index (χ4v) is 3.45. The van der Waals surface area contributed by atoms with Crippen LogP contribution in [0.2, 0.25) is 0 Å². The summed E-state index contributed by atoms with van der Waals surface area (Å²) >= 11 is 0. The van der Waals surface area contributed by atoms with E-state index >= 15 is 0 Å². The van der Waals surface area contributed by atoms with E-state index in [0.717, 1.165) is 17.8 Å². The second kappa shape index (κ2) is 4.65. The molecule has 0 spiro atoms. The van der Waals surface area contributed by atoms with Crippen molar-refractivity contribution in [1.82, 2.24) is 0 Å². The molecule has 2 aliphatic rings. The highest BCUT2D eigenvalue weighted by molar-refractivity contribution is 4.82. The molecule has 2 aliphatic carbocycles. The topological polar surface area (TPSA) is 26.0 Å². The van der Waals surface area contributed by atoms with E-state index in [2.05, 4.69) is 6.92 Å². The minimum absolute atomic E-state index is 0.521. The summed E-state index contributed by atoms with van der Waals surface area (Å²) in [6.07, 6.45) is 11.4. The predicted octanol–water partition coefficient (Wildman–Crippen LogP) is 3.33. The number of rotatable bonds is 1. The van der Waals surface area contributed by atoms with Crippen LogP contribution in [0.25, 0.3) is 0 Å². The second-order valence-corrected chi connectivity index (χ2v) is 5.71. The van der Waals surface area contributed by atoms with Gasteiger partial charge >= 0.3 is 0 Å². The smallest absolute Gasteiger partial charge is 0.00415 e. The van der Waals surface area contributed by atoms with Crippen LogP contribution in [0, 0.1) is 17.8 Å². The predicted molar refractivity (Wildman–Crippen MR) is 61.1 cm³/mol. The number of hydrogen-bond donors (Lipinski definition) is 1. The summed E-state index contributed by atoms with van der Waals surface area (Å²) in [6.45, 7) is 2.41. The molecule has 0 radical (unpaired) electrons. The maximum atomic E-state index is 6.06. The van der Waals surface area contributed by atoms with Crippen molar-refractivity contribution in [3.8, 4) is 0 Å². The van der Waals surface area contributed by atoms with Gasteiger partial charge in [-0.15, -0.1) is 0 Å². The number of nitrogens with two attached hydrogens (primary N) is 1. The zero-order valence-corrected chi connectivity index (χ0v) is 9.54. The summed E-state index contributed by atoms with van der Waals surface area (Å²) < 4.78 is 0. The van der Waals surface area contributed by atoms with Crippen molar-refractivity contribution >= 4 is 0 Å². The summed E-state index contributed by atoms with van der Waals surface area (Å²) in [4.78, 5) is 0. The first-order valence-corrected chi connectivity index (χ1v) is 6.51.